The summed E-state index contributed by atoms with van der Waals surface area (Å²) in [6.07, 6.45) is 1.83. The SMILES string of the molecule is O=S(=O)(C(C[n+]1ccccc1)=S(=O)([O-])C(F)(F)F)C(F)(F)F. The van der Waals surface area contributed by atoms with Crippen molar-refractivity contribution in [3.8, 4) is 0 Å². The molecular formula is C9H7F6NO4S2. The van der Waals surface area contributed by atoms with Gasteiger partial charge in [0.1, 0.15) is 0 Å². The van der Waals surface area contributed by atoms with Gasteiger partial charge in [-0.1, -0.05) is 6.07 Å². The Kier molecular flexibility index (Phi) is 4.85. The van der Waals surface area contributed by atoms with Gasteiger partial charge in [-0.3, -0.25) is 4.21 Å². The average Bonchev–Trinajstić information content (AvgIpc) is 2.34. The van der Waals surface area contributed by atoms with Gasteiger partial charge in [0, 0.05) is 21.9 Å². The van der Waals surface area contributed by atoms with Crippen LogP contribution in [0, 0.1) is 0 Å². The molecule has 1 rings (SSSR count). The molecule has 1 aromatic rings. The summed E-state index contributed by atoms with van der Waals surface area (Å²) in [5.74, 6) is 0. The van der Waals surface area contributed by atoms with Crippen molar-refractivity contribution in [2.24, 2.45) is 0 Å². The Labute approximate surface area is 120 Å². The summed E-state index contributed by atoms with van der Waals surface area (Å²) in [7, 11) is -13.4. The predicted molar refractivity (Wildman–Crippen MR) is 61.6 cm³/mol. The Morgan fingerprint density at radius 1 is 0.909 bits per heavy atom. The monoisotopic (exact) mass is 371 g/mol. The molecule has 126 valence electrons. The van der Waals surface area contributed by atoms with Crippen LogP contribution in [0.4, 0.5) is 26.3 Å². The van der Waals surface area contributed by atoms with E-state index < -0.39 is 41.4 Å². The first-order chi connectivity index (χ1) is 9.71. The summed E-state index contributed by atoms with van der Waals surface area (Å²) in [6.45, 7) is -1.63. The van der Waals surface area contributed by atoms with Gasteiger partial charge in [-0.25, -0.2) is 8.42 Å². The quantitative estimate of drug-likeness (QED) is 0.441. The minimum absolute atomic E-state index is 0.557. The van der Waals surface area contributed by atoms with Gasteiger partial charge in [-0.2, -0.15) is 30.9 Å². The molecule has 22 heavy (non-hydrogen) atoms. The van der Waals surface area contributed by atoms with E-state index in [0.29, 0.717) is 4.57 Å². The lowest BCUT2D eigenvalue weighted by molar-refractivity contribution is -0.681. The fraction of sp³-hybridized carbons (Fsp3) is 0.333. The van der Waals surface area contributed by atoms with Crippen LogP contribution in [0.3, 0.4) is 0 Å². The highest BCUT2D eigenvalue weighted by Gasteiger charge is 2.53. The average molecular weight is 371 g/mol. The third-order valence-corrected chi connectivity index (χ3v) is 6.29. The zero-order valence-electron chi connectivity index (χ0n) is 10.3. The number of aromatic nitrogens is 1. The number of pyridine rings is 1. The van der Waals surface area contributed by atoms with Crippen molar-refractivity contribution in [3.05, 3.63) is 30.6 Å². The standard InChI is InChI=1S/C9H7F6NO4S2/c10-8(11,12)21(17,18)7(22(19,20)9(13,14)15)6-16-4-2-1-3-5-16/h1-5H,6H2. The van der Waals surface area contributed by atoms with Crippen molar-refractivity contribution in [2.75, 3.05) is 0 Å². The number of halogens is 6. The van der Waals surface area contributed by atoms with E-state index in [0.717, 1.165) is 24.5 Å². The van der Waals surface area contributed by atoms with Crippen LogP contribution >= 0.6 is 0 Å². The summed E-state index contributed by atoms with van der Waals surface area (Å²) >= 11 is 0. The first kappa shape index (κ1) is 18.7. The summed E-state index contributed by atoms with van der Waals surface area (Å²) in [4.78, 5) is 0. The zero-order valence-corrected chi connectivity index (χ0v) is 11.9. The topological polar surface area (TPSA) is 78.2 Å². The molecule has 5 nitrogen and oxygen atoms in total. The van der Waals surface area contributed by atoms with Gasteiger partial charge in [0.05, 0.1) is 0 Å². The summed E-state index contributed by atoms with van der Waals surface area (Å²) in [5, 5.41) is 0. The summed E-state index contributed by atoms with van der Waals surface area (Å²) < 4.78 is 117. The molecule has 0 saturated carbocycles. The van der Waals surface area contributed by atoms with Crippen molar-refractivity contribution in [2.45, 2.75) is 17.6 Å². The molecule has 0 saturated heterocycles. The third-order valence-electron chi connectivity index (χ3n) is 2.30. The van der Waals surface area contributed by atoms with Crippen LogP contribution < -0.4 is 4.57 Å². The van der Waals surface area contributed by atoms with Gasteiger partial charge in [-0.05, 0) is 0 Å². The fourth-order valence-electron chi connectivity index (χ4n) is 1.26. The molecule has 1 heterocycles. The first-order valence-electron chi connectivity index (χ1n) is 5.14. The number of alkyl halides is 6. The zero-order chi connectivity index (χ0) is 17.4. The Hall–Kier alpha value is -1.34. The molecule has 13 heteroatoms. The lowest BCUT2D eigenvalue weighted by atomic mass is 10.5. The van der Waals surface area contributed by atoms with Gasteiger partial charge in [0.15, 0.2) is 23.1 Å². The van der Waals surface area contributed by atoms with Crippen molar-refractivity contribution in [3.63, 3.8) is 0 Å². The number of sulfone groups is 1. The van der Waals surface area contributed by atoms with E-state index in [1.165, 1.54) is 6.07 Å². The molecular weight excluding hydrogens is 364 g/mol. The van der Waals surface area contributed by atoms with Crippen LogP contribution in [0.25, 0.3) is 0 Å². The van der Waals surface area contributed by atoms with E-state index in [1.807, 2.05) is 0 Å². The van der Waals surface area contributed by atoms with Crippen molar-refractivity contribution >= 4 is 23.8 Å². The minimum Gasteiger partial charge on any atom is -0.770 e. The lowest BCUT2D eigenvalue weighted by Crippen LogP contribution is -2.48. The predicted octanol–water partition coefficient (Wildman–Crippen LogP) is 0.973. The minimum atomic E-state index is -6.69. The second-order valence-electron chi connectivity index (χ2n) is 3.82. The van der Waals surface area contributed by atoms with Crippen LogP contribution in [0.2, 0.25) is 0 Å². The highest BCUT2D eigenvalue weighted by molar-refractivity contribution is 8.22. The van der Waals surface area contributed by atoms with E-state index >= 15 is 0 Å². The van der Waals surface area contributed by atoms with E-state index in [1.54, 1.807) is 0 Å². The maximum Gasteiger partial charge on any atom is 0.502 e. The molecule has 0 N–H and O–H groups in total. The van der Waals surface area contributed by atoms with Crippen molar-refractivity contribution in [1.82, 2.24) is 0 Å². The van der Waals surface area contributed by atoms with E-state index in [2.05, 4.69) is 0 Å². The smallest absolute Gasteiger partial charge is 0.502 e. The van der Waals surface area contributed by atoms with Crippen molar-refractivity contribution in [1.29, 1.82) is 0 Å². The highest BCUT2D eigenvalue weighted by atomic mass is 32.3. The van der Waals surface area contributed by atoms with Crippen molar-refractivity contribution < 1.29 is 48.1 Å². The maximum atomic E-state index is 12.5. The van der Waals surface area contributed by atoms with Gasteiger partial charge >= 0.3 is 11.0 Å². The van der Waals surface area contributed by atoms with Gasteiger partial charge < -0.3 is 4.55 Å². The van der Waals surface area contributed by atoms with E-state index in [-0.39, 0.29) is 0 Å². The number of hydrogen-bond donors (Lipinski definition) is 0. The molecule has 1 unspecified atom stereocenters. The van der Waals surface area contributed by atoms with Crippen LogP contribution in [0.1, 0.15) is 0 Å². The Balaban J connectivity index is 3.71. The Morgan fingerprint density at radius 2 is 1.36 bits per heavy atom. The molecule has 0 aliphatic heterocycles. The van der Waals surface area contributed by atoms with Gasteiger partial charge in [-0.15, -0.1) is 0 Å². The maximum absolute atomic E-state index is 12.5. The van der Waals surface area contributed by atoms with Gasteiger partial charge in [0.2, 0.25) is 0 Å². The molecule has 1 atom stereocenters. The van der Waals surface area contributed by atoms with Gasteiger partial charge in [0.25, 0.3) is 9.84 Å². The highest BCUT2D eigenvalue weighted by Crippen LogP contribution is 2.31. The van der Waals surface area contributed by atoms with Crippen LogP contribution in [-0.2, 0) is 26.2 Å². The Bertz CT molecular complexity index is 760. The van der Waals surface area contributed by atoms with Crippen LogP contribution in [0.5, 0.6) is 0 Å². The molecule has 0 radical (unpaired) electrons. The molecule has 0 aromatic carbocycles. The fourth-order valence-corrected chi connectivity index (χ4v) is 4.14. The first-order valence-corrected chi connectivity index (χ1v) is 8.10. The molecule has 0 aliphatic carbocycles. The Morgan fingerprint density at radius 3 is 1.73 bits per heavy atom. The molecule has 0 aliphatic rings. The lowest BCUT2D eigenvalue weighted by Gasteiger charge is -2.23. The molecule has 0 bridgehead atoms. The molecule has 0 amide bonds. The van der Waals surface area contributed by atoms with E-state index in [9.17, 15) is 43.5 Å². The summed E-state index contributed by atoms with van der Waals surface area (Å²) in [5.41, 5.74) is -12.4. The third kappa shape index (κ3) is 3.52. The number of nitrogens with zero attached hydrogens (tertiary/aromatic N) is 1. The number of rotatable bonds is 2. The summed E-state index contributed by atoms with van der Waals surface area (Å²) in [6, 6.07) is 3.67. The second kappa shape index (κ2) is 5.70. The van der Waals surface area contributed by atoms with E-state index in [4.69, 9.17) is 0 Å². The molecule has 0 spiro atoms. The van der Waals surface area contributed by atoms with Crippen LogP contribution in [-0.4, -0.2) is 32.4 Å². The normalized spacial score (nSPS) is 16.1. The number of hydrogen-bond acceptors (Lipinski definition) is 4. The molecule has 1 aromatic heterocycles. The second-order valence-corrected chi connectivity index (χ2v) is 8.00. The largest absolute Gasteiger partial charge is 0.770 e. The molecule has 0 fully saturated rings. The van der Waals surface area contributed by atoms with Crippen LogP contribution in [0.15, 0.2) is 30.6 Å².